The van der Waals surface area contributed by atoms with Crippen molar-refractivity contribution in [1.29, 1.82) is 0 Å². The number of nitrogens with zero attached hydrogens (tertiary/aromatic N) is 2. The number of hydroxylamine groups is 1. The lowest BCUT2D eigenvalue weighted by Crippen LogP contribution is -2.34. The fraction of sp³-hybridized carbons (Fsp3) is 0.280. The van der Waals surface area contributed by atoms with E-state index in [4.69, 9.17) is 39.6 Å². The van der Waals surface area contributed by atoms with E-state index in [0.29, 0.717) is 35.5 Å². The fourth-order valence-electron chi connectivity index (χ4n) is 4.32. The van der Waals surface area contributed by atoms with E-state index >= 15 is 0 Å². The van der Waals surface area contributed by atoms with Crippen LogP contribution in [0.2, 0.25) is 15.1 Å². The van der Waals surface area contributed by atoms with Gasteiger partial charge >= 0.3 is 5.97 Å². The summed E-state index contributed by atoms with van der Waals surface area (Å²) in [7, 11) is 0. The second kappa shape index (κ2) is 10.6. The average molecular weight is 551 g/mol. The minimum absolute atomic E-state index is 0.0909. The summed E-state index contributed by atoms with van der Waals surface area (Å²) in [4.78, 5) is 42.4. The van der Waals surface area contributed by atoms with E-state index < -0.39 is 34.3 Å². The van der Waals surface area contributed by atoms with Crippen LogP contribution in [0.4, 0.5) is 0 Å². The van der Waals surface area contributed by atoms with E-state index in [0.717, 1.165) is 0 Å². The number of benzene rings is 2. The van der Waals surface area contributed by atoms with Gasteiger partial charge in [-0.3, -0.25) is 19.2 Å². The molecule has 1 amide bonds. The molecule has 0 saturated heterocycles. The third kappa shape index (κ3) is 5.57. The summed E-state index contributed by atoms with van der Waals surface area (Å²) in [5.74, 6) is -2.14. The van der Waals surface area contributed by atoms with Gasteiger partial charge in [0.25, 0.3) is 5.91 Å². The lowest BCUT2D eigenvalue weighted by molar-refractivity contribution is -0.141. The first-order chi connectivity index (χ1) is 17.1. The summed E-state index contributed by atoms with van der Waals surface area (Å²) < 4.78 is 1.32. The van der Waals surface area contributed by atoms with Crippen molar-refractivity contribution in [1.82, 2.24) is 15.3 Å². The zero-order chi connectivity index (χ0) is 26.0. The Morgan fingerprint density at radius 3 is 2.44 bits per heavy atom. The molecule has 1 aliphatic carbocycles. The molecule has 0 radical (unpaired) electrons. The number of nitrogens with one attached hydrogen (secondary N) is 1. The average Bonchev–Trinajstić information content (AvgIpc) is 3.22. The number of rotatable bonds is 7. The molecule has 2 aromatic carbocycles. The van der Waals surface area contributed by atoms with Crippen LogP contribution < -0.4 is 10.9 Å². The second-order valence-corrected chi connectivity index (χ2v) is 10.3. The van der Waals surface area contributed by atoms with Crippen LogP contribution in [-0.2, 0) is 9.63 Å². The Balaban J connectivity index is 1.65. The summed E-state index contributed by atoms with van der Waals surface area (Å²) in [6.07, 6.45) is 1.62. The molecule has 1 fully saturated rings. The van der Waals surface area contributed by atoms with Crippen LogP contribution in [0.3, 0.4) is 0 Å². The van der Waals surface area contributed by atoms with Crippen LogP contribution in [-0.4, -0.2) is 33.4 Å². The largest absolute Gasteiger partial charge is 0.481 e. The third-order valence-corrected chi connectivity index (χ3v) is 6.97. The SMILES string of the molecule is CC1(CONC(=O)c2nn(-c3c(Cl)cc(Cl)cc3Cl)c(-c3ccccc3)cc2=O)CCC(C(=O)O)C1. The number of carbonyl (C=O) groups excluding carboxylic acids is 1. The Morgan fingerprint density at radius 2 is 1.83 bits per heavy atom. The van der Waals surface area contributed by atoms with Gasteiger partial charge in [-0.05, 0) is 36.8 Å². The molecule has 36 heavy (non-hydrogen) atoms. The van der Waals surface area contributed by atoms with E-state index in [2.05, 4.69) is 10.6 Å². The molecule has 0 spiro atoms. The van der Waals surface area contributed by atoms with E-state index in [1.165, 1.54) is 22.9 Å². The Kier molecular flexibility index (Phi) is 7.70. The van der Waals surface area contributed by atoms with Crippen LogP contribution in [0.25, 0.3) is 16.9 Å². The predicted molar refractivity (Wildman–Crippen MR) is 137 cm³/mol. The fourth-order valence-corrected chi connectivity index (χ4v) is 5.30. The van der Waals surface area contributed by atoms with E-state index in [-0.39, 0.29) is 22.3 Å². The molecule has 3 aromatic rings. The summed E-state index contributed by atoms with van der Waals surface area (Å²) in [5, 5.41) is 14.2. The molecule has 8 nitrogen and oxygen atoms in total. The van der Waals surface area contributed by atoms with Gasteiger partial charge in [-0.15, -0.1) is 0 Å². The van der Waals surface area contributed by atoms with Crippen molar-refractivity contribution in [3.8, 4) is 16.9 Å². The topological polar surface area (TPSA) is 111 Å². The maximum atomic E-state index is 12.9. The molecule has 188 valence electrons. The number of aliphatic carboxylic acids is 1. The molecule has 2 N–H and O–H groups in total. The van der Waals surface area contributed by atoms with Crippen molar-refractivity contribution in [2.24, 2.45) is 11.3 Å². The molecule has 0 aliphatic heterocycles. The number of halogens is 3. The lowest BCUT2D eigenvalue weighted by Gasteiger charge is -2.23. The molecule has 1 saturated carbocycles. The molecule has 4 rings (SSSR count). The molecular formula is C25H22Cl3N3O5. The highest BCUT2D eigenvalue weighted by Gasteiger charge is 2.39. The first-order valence-electron chi connectivity index (χ1n) is 11.1. The highest BCUT2D eigenvalue weighted by atomic mass is 35.5. The summed E-state index contributed by atoms with van der Waals surface area (Å²) in [6, 6.07) is 13.2. The van der Waals surface area contributed by atoms with Crippen LogP contribution >= 0.6 is 34.8 Å². The van der Waals surface area contributed by atoms with Gasteiger partial charge in [-0.25, -0.2) is 10.2 Å². The quantitative estimate of drug-likeness (QED) is 0.381. The number of carboxylic acids is 1. The molecule has 2 atom stereocenters. The Labute approximate surface area is 221 Å². The number of carbonyl (C=O) groups is 2. The van der Waals surface area contributed by atoms with E-state index in [1.807, 2.05) is 13.0 Å². The molecule has 1 heterocycles. The van der Waals surface area contributed by atoms with Crippen molar-refractivity contribution in [2.45, 2.75) is 26.2 Å². The van der Waals surface area contributed by atoms with Crippen molar-refractivity contribution in [3.05, 3.63) is 79.5 Å². The van der Waals surface area contributed by atoms with Crippen molar-refractivity contribution in [3.63, 3.8) is 0 Å². The second-order valence-electron chi connectivity index (χ2n) is 9.05. The smallest absolute Gasteiger partial charge is 0.306 e. The first kappa shape index (κ1) is 26.2. The van der Waals surface area contributed by atoms with E-state index in [9.17, 15) is 19.5 Å². The molecule has 11 heteroatoms. The zero-order valence-corrected chi connectivity index (χ0v) is 21.4. The number of amides is 1. The van der Waals surface area contributed by atoms with Gasteiger partial charge < -0.3 is 5.11 Å². The lowest BCUT2D eigenvalue weighted by atomic mass is 9.89. The van der Waals surface area contributed by atoms with E-state index in [1.54, 1.807) is 24.3 Å². The van der Waals surface area contributed by atoms with Crippen LogP contribution in [0.1, 0.15) is 36.7 Å². The first-order valence-corrected chi connectivity index (χ1v) is 12.2. The monoisotopic (exact) mass is 549 g/mol. The summed E-state index contributed by atoms with van der Waals surface area (Å²) in [5.41, 5.74) is 2.04. The Hall–Kier alpha value is -2.91. The van der Waals surface area contributed by atoms with Gasteiger partial charge in [0.1, 0.15) is 5.69 Å². The predicted octanol–water partition coefficient (Wildman–Crippen LogP) is 5.41. The number of carboxylic acid groups (broad SMARTS) is 1. The van der Waals surface area contributed by atoms with Gasteiger partial charge in [0.15, 0.2) is 5.69 Å². The normalized spacial score (nSPS) is 19.3. The van der Waals surface area contributed by atoms with Gasteiger partial charge in [0, 0.05) is 16.7 Å². The molecule has 1 aromatic heterocycles. The molecule has 2 unspecified atom stereocenters. The molecule has 0 bridgehead atoms. The van der Waals surface area contributed by atoms with Crippen LogP contribution in [0.15, 0.2) is 53.3 Å². The molecule has 1 aliphatic rings. The van der Waals surface area contributed by atoms with Crippen LogP contribution in [0.5, 0.6) is 0 Å². The Morgan fingerprint density at radius 1 is 1.17 bits per heavy atom. The number of hydrogen-bond acceptors (Lipinski definition) is 5. The highest BCUT2D eigenvalue weighted by molar-refractivity contribution is 6.40. The van der Waals surface area contributed by atoms with Gasteiger partial charge in [0.2, 0.25) is 5.43 Å². The molecular weight excluding hydrogens is 529 g/mol. The van der Waals surface area contributed by atoms with Gasteiger partial charge in [-0.1, -0.05) is 72.1 Å². The van der Waals surface area contributed by atoms with Crippen molar-refractivity contribution < 1.29 is 19.5 Å². The summed E-state index contributed by atoms with van der Waals surface area (Å²) >= 11 is 18.9. The maximum Gasteiger partial charge on any atom is 0.306 e. The van der Waals surface area contributed by atoms with Crippen molar-refractivity contribution in [2.75, 3.05) is 6.61 Å². The van der Waals surface area contributed by atoms with Crippen molar-refractivity contribution >= 4 is 46.7 Å². The van der Waals surface area contributed by atoms with Gasteiger partial charge in [0.05, 0.1) is 28.3 Å². The summed E-state index contributed by atoms with van der Waals surface area (Å²) in [6.45, 7) is 1.99. The zero-order valence-electron chi connectivity index (χ0n) is 19.1. The third-order valence-electron chi connectivity index (χ3n) is 6.18. The standard InChI is InChI=1S/C25H22Cl3N3O5/c1-25(8-7-15(12-25)24(34)35)13-36-30-23(33)21-20(32)11-19(14-5-3-2-4-6-14)31(29-21)22-17(27)9-16(26)10-18(22)28/h2-6,9-11,15H,7-8,12-13H2,1H3,(H,30,33)(H,34,35). The number of hydrogen-bond donors (Lipinski definition) is 2. The van der Waals surface area contributed by atoms with Crippen LogP contribution in [0, 0.1) is 11.3 Å². The van der Waals surface area contributed by atoms with Gasteiger partial charge in [-0.2, -0.15) is 5.10 Å². The Bertz CT molecular complexity index is 1360. The minimum atomic E-state index is -0.856. The highest BCUT2D eigenvalue weighted by Crippen LogP contribution is 2.41. The maximum absolute atomic E-state index is 12.9. The minimum Gasteiger partial charge on any atom is -0.481 e. The number of aromatic nitrogens is 2.